The number of ether oxygens (including phenoxy) is 1. The van der Waals surface area contributed by atoms with E-state index in [0.717, 1.165) is 13.0 Å². The molecule has 96 valence electrons. The van der Waals surface area contributed by atoms with Crippen molar-refractivity contribution in [1.29, 1.82) is 0 Å². The Bertz CT molecular complexity index is 335. The van der Waals surface area contributed by atoms with Gasteiger partial charge in [-0.05, 0) is 74.5 Å². The molecule has 0 fully saturated rings. The van der Waals surface area contributed by atoms with Crippen molar-refractivity contribution in [3.63, 3.8) is 0 Å². The molecule has 0 spiro atoms. The normalized spacial score (nSPS) is 13.7. The summed E-state index contributed by atoms with van der Waals surface area (Å²) in [6.07, 6.45) is 0.987. The number of rotatable bonds is 6. The Morgan fingerprint density at radius 3 is 2.35 bits per heavy atom. The van der Waals surface area contributed by atoms with E-state index in [1.807, 2.05) is 14.0 Å². The average Bonchev–Trinajstić information content (AvgIpc) is 2.28. The van der Waals surface area contributed by atoms with E-state index in [2.05, 4.69) is 66.0 Å². The van der Waals surface area contributed by atoms with Gasteiger partial charge in [-0.1, -0.05) is 12.1 Å². The summed E-state index contributed by atoms with van der Waals surface area (Å²) in [4.78, 5) is 0. The number of hydrogen-bond donors (Lipinski definition) is 1. The van der Waals surface area contributed by atoms with Crippen LogP contribution in [-0.2, 0) is 11.2 Å². The highest BCUT2D eigenvalue weighted by Crippen LogP contribution is 2.19. The summed E-state index contributed by atoms with van der Waals surface area (Å²) >= 11 is 2.33. The molecule has 0 aliphatic carbocycles. The van der Waals surface area contributed by atoms with Crippen molar-refractivity contribution >= 4 is 22.6 Å². The van der Waals surface area contributed by atoms with Gasteiger partial charge < -0.3 is 10.1 Å². The van der Waals surface area contributed by atoms with E-state index in [-0.39, 0.29) is 5.60 Å². The molecule has 0 aliphatic heterocycles. The molecular weight excluding hydrogens is 325 g/mol. The van der Waals surface area contributed by atoms with E-state index < -0.39 is 0 Å². The minimum atomic E-state index is -0.146. The topological polar surface area (TPSA) is 21.3 Å². The van der Waals surface area contributed by atoms with Crippen molar-refractivity contribution in [3.8, 4) is 0 Å². The fraction of sp³-hybridized carbons (Fsp3) is 0.571. The van der Waals surface area contributed by atoms with Crippen LogP contribution in [0.4, 0.5) is 0 Å². The quantitative estimate of drug-likeness (QED) is 0.798. The van der Waals surface area contributed by atoms with Crippen LogP contribution in [0.2, 0.25) is 0 Å². The van der Waals surface area contributed by atoms with Gasteiger partial charge in [-0.3, -0.25) is 0 Å². The molecule has 0 bridgehead atoms. The van der Waals surface area contributed by atoms with Crippen LogP contribution >= 0.6 is 22.6 Å². The molecule has 0 saturated carbocycles. The first-order valence-electron chi connectivity index (χ1n) is 6.05. The maximum absolute atomic E-state index is 5.81. The molecular formula is C14H22INO. The van der Waals surface area contributed by atoms with E-state index in [0.29, 0.717) is 6.04 Å². The van der Waals surface area contributed by atoms with Crippen LogP contribution in [0.25, 0.3) is 0 Å². The number of nitrogens with one attached hydrogen (secondary N) is 1. The lowest BCUT2D eigenvalue weighted by molar-refractivity contribution is -0.0363. The zero-order valence-electron chi connectivity index (χ0n) is 11.1. The van der Waals surface area contributed by atoms with Crippen molar-refractivity contribution < 1.29 is 4.74 Å². The summed E-state index contributed by atoms with van der Waals surface area (Å²) in [6.45, 7) is 7.08. The van der Waals surface area contributed by atoms with Crippen molar-refractivity contribution in [2.24, 2.45) is 0 Å². The van der Waals surface area contributed by atoms with Crippen LogP contribution in [0.15, 0.2) is 24.3 Å². The summed E-state index contributed by atoms with van der Waals surface area (Å²) in [5.74, 6) is 0. The van der Waals surface area contributed by atoms with Crippen molar-refractivity contribution in [1.82, 2.24) is 5.32 Å². The first-order valence-corrected chi connectivity index (χ1v) is 7.13. The predicted molar refractivity (Wildman–Crippen MR) is 81.4 cm³/mol. The predicted octanol–water partition coefficient (Wildman–Crippen LogP) is 3.24. The van der Waals surface area contributed by atoms with E-state index >= 15 is 0 Å². The molecule has 1 atom stereocenters. The maximum atomic E-state index is 5.81. The highest BCUT2D eigenvalue weighted by atomic mass is 127. The Morgan fingerprint density at radius 2 is 1.88 bits per heavy atom. The summed E-state index contributed by atoms with van der Waals surface area (Å²) in [5.41, 5.74) is 1.20. The third-order valence-electron chi connectivity index (χ3n) is 3.06. The summed E-state index contributed by atoms with van der Waals surface area (Å²) in [7, 11) is 2.00. The van der Waals surface area contributed by atoms with Crippen molar-refractivity contribution in [2.45, 2.75) is 38.8 Å². The molecule has 1 N–H and O–H groups in total. The molecule has 2 nitrogen and oxygen atoms in total. The first-order chi connectivity index (χ1) is 7.99. The Labute approximate surface area is 118 Å². The molecule has 17 heavy (non-hydrogen) atoms. The van der Waals surface area contributed by atoms with Crippen LogP contribution < -0.4 is 5.32 Å². The van der Waals surface area contributed by atoms with Crippen LogP contribution in [0, 0.1) is 3.57 Å². The largest absolute Gasteiger partial charge is 0.374 e. The molecule has 1 unspecified atom stereocenters. The SMILES string of the molecule is CCOC(C)(C)C(Cc1ccc(I)cc1)NC. The number of halogens is 1. The molecule has 0 amide bonds. The minimum Gasteiger partial charge on any atom is -0.374 e. The second-order valence-electron chi connectivity index (χ2n) is 4.71. The van der Waals surface area contributed by atoms with Crippen LogP contribution in [-0.4, -0.2) is 25.3 Å². The third-order valence-corrected chi connectivity index (χ3v) is 3.78. The van der Waals surface area contributed by atoms with Gasteiger partial charge in [0.2, 0.25) is 0 Å². The van der Waals surface area contributed by atoms with Crippen LogP contribution in [0.5, 0.6) is 0 Å². The molecule has 0 aliphatic rings. The highest BCUT2D eigenvalue weighted by molar-refractivity contribution is 14.1. The fourth-order valence-corrected chi connectivity index (χ4v) is 2.38. The van der Waals surface area contributed by atoms with Gasteiger partial charge >= 0.3 is 0 Å². The molecule has 3 heteroatoms. The molecule has 0 aromatic heterocycles. The monoisotopic (exact) mass is 347 g/mol. The summed E-state index contributed by atoms with van der Waals surface area (Å²) in [6, 6.07) is 9.00. The second kappa shape index (κ2) is 6.71. The van der Waals surface area contributed by atoms with E-state index in [1.165, 1.54) is 9.13 Å². The van der Waals surface area contributed by atoms with Gasteiger partial charge in [0.15, 0.2) is 0 Å². The Kier molecular flexibility index (Phi) is 5.89. The van der Waals surface area contributed by atoms with Gasteiger partial charge in [0.05, 0.1) is 5.60 Å². The molecule has 1 aromatic rings. The highest BCUT2D eigenvalue weighted by Gasteiger charge is 2.28. The molecule has 0 radical (unpaired) electrons. The van der Waals surface area contributed by atoms with Gasteiger partial charge in [-0.15, -0.1) is 0 Å². The Morgan fingerprint density at radius 1 is 1.29 bits per heavy atom. The minimum absolute atomic E-state index is 0.146. The molecule has 1 aromatic carbocycles. The van der Waals surface area contributed by atoms with Gasteiger partial charge in [0.25, 0.3) is 0 Å². The van der Waals surface area contributed by atoms with Gasteiger partial charge in [0, 0.05) is 16.2 Å². The zero-order valence-corrected chi connectivity index (χ0v) is 13.2. The van der Waals surface area contributed by atoms with Gasteiger partial charge in [0.1, 0.15) is 0 Å². The third kappa shape index (κ3) is 4.56. The second-order valence-corrected chi connectivity index (χ2v) is 5.95. The lowest BCUT2D eigenvalue weighted by Gasteiger charge is -2.34. The molecule has 1 rings (SSSR count). The zero-order chi connectivity index (χ0) is 12.9. The lowest BCUT2D eigenvalue weighted by Crippen LogP contribution is -2.48. The van der Waals surface area contributed by atoms with Gasteiger partial charge in [-0.25, -0.2) is 0 Å². The standard InChI is InChI=1S/C14H22INO/c1-5-17-14(2,3)13(16-4)10-11-6-8-12(15)9-7-11/h6-9,13,16H,5,10H2,1-4H3. The number of hydrogen-bond acceptors (Lipinski definition) is 2. The molecule has 0 saturated heterocycles. The van der Waals surface area contributed by atoms with E-state index in [1.54, 1.807) is 0 Å². The first kappa shape index (κ1) is 14.9. The summed E-state index contributed by atoms with van der Waals surface area (Å²) in [5, 5.41) is 3.36. The summed E-state index contributed by atoms with van der Waals surface area (Å²) < 4.78 is 7.09. The number of benzene rings is 1. The average molecular weight is 347 g/mol. The van der Waals surface area contributed by atoms with Crippen LogP contribution in [0.3, 0.4) is 0 Å². The van der Waals surface area contributed by atoms with E-state index in [9.17, 15) is 0 Å². The lowest BCUT2D eigenvalue weighted by atomic mass is 9.92. The van der Waals surface area contributed by atoms with Crippen LogP contribution in [0.1, 0.15) is 26.3 Å². The fourth-order valence-electron chi connectivity index (χ4n) is 2.02. The van der Waals surface area contributed by atoms with Crippen molar-refractivity contribution in [3.05, 3.63) is 33.4 Å². The smallest absolute Gasteiger partial charge is 0.0781 e. The maximum Gasteiger partial charge on any atom is 0.0781 e. The van der Waals surface area contributed by atoms with Gasteiger partial charge in [-0.2, -0.15) is 0 Å². The van der Waals surface area contributed by atoms with E-state index in [4.69, 9.17) is 4.74 Å². The Balaban J connectivity index is 2.72. The Hall–Kier alpha value is -0.130. The molecule has 0 heterocycles. The number of likely N-dealkylation sites (N-methyl/N-ethyl adjacent to an activating group) is 1. The van der Waals surface area contributed by atoms with Crippen molar-refractivity contribution in [2.75, 3.05) is 13.7 Å².